The van der Waals surface area contributed by atoms with E-state index in [0.717, 1.165) is 39.3 Å². The molecule has 144 valence electrons. The van der Waals surface area contributed by atoms with Gasteiger partial charge in [0.1, 0.15) is 0 Å². The highest BCUT2D eigenvalue weighted by Gasteiger charge is 2.10. The van der Waals surface area contributed by atoms with Crippen LogP contribution in [-0.2, 0) is 17.7 Å². The summed E-state index contributed by atoms with van der Waals surface area (Å²) in [7, 11) is 0. The van der Waals surface area contributed by atoms with Crippen LogP contribution >= 0.6 is 0 Å². The number of hydrogen-bond donors (Lipinski definition) is 4. The Kier molecular flexibility index (Phi) is 6.39. The second-order valence-corrected chi connectivity index (χ2v) is 6.32. The molecule has 1 aromatic carbocycles. The molecule has 3 rings (SSSR count). The van der Waals surface area contributed by atoms with Gasteiger partial charge in [-0.2, -0.15) is 0 Å². The predicted molar refractivity (Wildman–Crippen MR) is 101 cm³/mol. The molecule has 0 spiro atoms. The molecule has 27 heavy (non-hydrogen) atoms. The fourth-order valence-corrected chi connectivity index (χ4v) is 2.83. The Morgan fingerprint density at radius 3 is 2.56 bits per heavy atom. The number of hydrogen-bond acceptors (Lipinski definition) is 5. The number of carbonyl (C=O) groups is 1. The Labute approximate surface area is 155 Å². The Morgan fingerprint density at radius 1 is 1.11 bits per heavy atom. The molecule has 0 saturated carbocycles. The molecule has 0 aliphatic carbocycles. The molecule has 0 atom stereocenters. The van der Waals surface area contributed by atoms with Crippen molar-refractivity contribution < 1.29 is 9.53 Å². The zero-order chi connectivity index (χ0) is 19.1. The number of benzene rings is 1. The summed E-state index contributed by atoms with van der Waals surface area (Å²) >= 11 is 0. The fraction of sp³-hybridized carbons (Fsp3) is 0.389. The predicted octanol–water partition coefficient (Wildman–Crippen LogP) is 0.260. The van der Waals surface area contributed by atoms with E-state index < -0.39 is 17.3 Å². The van der Waals surface area contributed by atoms with E-state index in [9.17, 15) is 14.4 Å². The van der Waals surface area contributed by atoms with Gasteiger partial charge in [0.05, 0.1) is 19.8 Å². The first-order valence-electron chi connectivity index (χ1n) is 8.85. The Balaban J connectivity index is 1.45. The van der Waals surface area contributed by atoms with Gasteiger partial charge in [-0.1, -0.05) is 12.1 Å². The van der Waals surface area contributed by atoms with Crippen molar-refractivity contribution in [2.75, 3.05) is 38.2 Å². The zero-order valence-corrected chi connectivity index (χ0v) is 14.9. The highest BCUT2D eigenvalue weighted by atomic mass is 16.5. The van der Waals surface area contributed by atoms with Crippen molar-refractivity contribution in [2.45, 2.75) is 13.0 Å². The first-order valence-corrected chi connectivity index (χ1v) is 8.85. The lowest BCUT2D eigenvalue weighted by Crippen LogP contribution is -2.37. The number of carbonyl (C=O) groups excluding carboxylic acids is 1. The molecule has 1 aromatic heterocycles. The van der Waals surface area contributed by atoms with Crippen molar-refractivity contribution in [3.63, 3.8) is 0 Å². The number of ether oxygens (including phenoxy) is 1. The van der Waals surface area contributed by atoms with Crippen molar-refractivity contribution in [2.24, 2.45) is 0 Å². The maximum absolute atomic E-state index is 12.0. The summed E-state index contributed by atoms with van der Waals surface area (Å²) in [5.41, 5.74) is 1.09. The van der Waals surface area contributed by atoms with Crippen molar-refractivity contribution in [3.8, 4) is 0 Å². The molecule has 1 aliphatic heterocycles. The first kappa shape index (κ1) is 18.9. The topological polar surface area (TPSA) is 119 Å². The number of aromatic amines is 2. The second-order valence-electron chi connectivity index (χ2n) is 6.32. The van der Waals surface area contributed by atoms with Crippen molar-refractivity contribution in [1.29, 1.82) is 0 Å². The lowest BCUT2D eigenvalue weighted by atomic mass is 10.1. The van der Waals surface area contributed by atoms with Gasteiger partial charge in [0.15, 0.2) is 0 Å². The number of urea groups is 1. The minimum absolute atomic E-state index is 0.0443. The number of nitrogens with zero attached hydrogens (tertiary/aromatic N) is 1. The molecule has 4 N–H and O–H groups in total. The Bertz CT molecular complexity index is 840. The highest BCUT2D eigenvalue weighted by molar-refractivity contribution is 5.89. The van der Waals surface area contributed by atoms with E-state index in [-0.39, 0.29) is 6.54 Å². The average molecular weight is 373 g/mol. The second kappa shape index (κ2) is 9.15. The van der Waals surface area contributed by atoms with Gasteiger partial charge < -0.3 is 20.4 Å². The maximum atomic E-state index is 12.0. The number of H-pyrrole nitrogens is 2. The quantitative estimate of drug-likeness (QED) is 0.579. The van der Waals surface area contributed by atoms with Crippen LogP contribution in [0.3, 0.4) is 0 Å². The molecule has 0 unspecified atom stereocenters. The van der Waals surface area contributed by atoms with E-state index in [1.165, 1.54) is 11.6 Å². The van der Waals surface area contributed by atoms with E-state index in [0.29, 0.717) is 11.4 Å². The molecule has 1 aliphatic rings. The summed E-state index contributed by atoms with van der Waals surface area (Å²) in [5, 5.41) is 5.31. The van der Waals surface area contributed by atoms with Crippen LogP contribution in [0, 0.1) is 0 Å². The summed E-state index contributed by atoms with van der Waals surface area (Å²) in [5.74, 6) is 0. The first-order chi connectivity index (χ1) is 13.1. The number of nitrogens with one attached hydrogen (secondary N) is 4. The van der Waals surface area contributed by atoms with Gasteiger partial charge in [0, 0.05) is 37.1 Å². The molecule has 2 amide bonds. The Hall–Kier alpha value is -2.91. The molecule has 0 radical (unpaired) electrons. The molecule has 0 bridgehead atoms. The standard InChI is InChI=1S/C18H23N5O4/c24-16-11-15(21-18(26)22-16)12-19-17(25)20-14-3-1-13(2-4-14)5-6-23-7-9-27-10-8-23/h1-4,11H,5-10,12H2,(H2,19,20,25)(H2,21,22,24,26). The maximum Gasteiger partial charge on any atom is 0.325 e. The van der Waals surface area contributed by atoms with Crippen molar-refractivity contribution in [3.05, 3.63) is 62.4 Å². The monoisotopic (exact) mass is 373 g/mol. The SMILES string of the molecule is O=C(NCc1cc(=O)[nH]c(=O)[nH]1)Nc1ccc(CCN2CCOCC2)cc1. The van der Waals surface area contributed by atoms with Gasteiger partial charge in [-0.3, -0.25) is 14.7 Å². The summed E-state index contributed by atoms with van der Waals surface area (Å²) < 4.78 is 5.34. The third-order valence-corrected chi connectivity index (χ3v) is 4.29. The number of anilines is 1. The minimum atomic E-state index is -0.604. The van der Waals surface area contributed by atoms with Gasteiger partial charge in [0.2, 0.25) is 0 Å². The molecule has 2 heterocycles. The molecular formula is C18H23N5O4. The normalized spacial score (nSPS) is 14.7. The van der Waals surface area contributed by atoms with Crippen LogP contribution in [0.4, 0.5) is 10.5 Å². The van der Waals surface area contributed by atoms with Crippen LogP contribution in [0.2, 0.25) is 0 Å². The number of rotatable bonds is 6. The molecule has 1 saturated heterocycles. The van der Waals surface area contributed by atoms with Crippen LogP contribution in [0.15, 0.2) is 39.9 Å². The largest absolute Gasteiger partial charge is 0.379 e. The summed E-state index contributed by atoms with van der Waals surface area (Å²) in [6.45, 7) is 4.57. The number of morpholine rings is 1. The minimum Gasteiger partial charge on any atom is -0.379 e. The van der Waals surface area contributed by atoms with Gasteiger partial charge in [-0.25, -0.2) is 9.59 Å². The highest BCUT2D eigenvalue weighted by Crippen LogP contribution is 2.11. The molecular weight excluding hydrogens is 350 g/mol. The van der Waals surface area contributed by atoms with Gasteiger partial charge in [-0.15, -0.1) is 0 Å². The van der Waals surface area contributed by atoms with Crippen molar-refractivity contribution >= 4 is 11.7 Å². The van der Waals surface area contributed by atoms with E-state index in [1.54, 1.807) is 0 Å². The lowest BCUT2D eigenvalue weighted by molar-refractivity contribution is 0.0384. The summed E-state index contributed by atoms with van der Waals surface area (Å²) in [6, 6.07) is 8.49. The Morgan fingerprint density at radius 2 is 1.85 bits per heavy atom. The van der Waals surface area contributed by atoms with Gasteiger partial charge in [0.25, 0.3) is 5.56 Å². The zero-order valence-electron chi connectivity index (χ0n) is 14.9. The van der Waals surface area contributed by atoms with Crippen LogP contribution < -0.4 is 21.9 Å². The van der Waals surface area contributed by atoms with E-state index >= 15 is 0 Å². The van der Waals surface area contributed by atoms with Crippen LogP contribution in [-0.4, -0.2) is 53.7 Å². The van der Waals surface area contributed by atoms with Crippen LogP contribution in [0.1, 0.15) is 11.3 Å². The van der Waals surface area contributed by atoms with Gasteiger partial charge >= 0.3 is 11.7 Å². The third kappa shape index (κ3) is 6.08. The molecule has 9 nitrogen and oxygen atoms in total. The van der Waals surface area contributed by atoms with E-state index in [1.807, 2.05) is 24.3 Å². The third-order valence-electron chi connectivity index (χ3n) is 4.29. The molecule has 1 fully saturated rings. The number of aromatic nitrogens is 2. The summed E-state index contributed by atoms with van der Waals surface area (Å²) in [6.07, 6.45) is 0.947. The summed E-state index contributed by atoms with van der Waals surface area (Å²) in [4.78, 5) is 41.3. The van der Waals surface area contributed by atoms with E-state index in [2.05, 4.69) is 25.5 Å². The molecule has 9 heteroatoms. The molecule has 2 aromatic rings. The number of amides is 2. The van der Waals surface area contributed by atoms with Gasteiger partial charge in [-0.05, 0) is 24.1 Å². The average Bonchev–Trinajstić information content (AvgIpc) is 2.66. The van der Waals surface area contributed by atoms with Crippen molar-refractivity contribution in [1.82, 2.24) is 20.2 Å². The van der Waals surface area contributed by atoms with E-state index in [4.69, 9.17) is 4.74 Å². The smallest absolute Gasteiger partial charge is 0.325 e. The lowest BCUT2D eigenvalue weighted by Gasteiger charge is -2.26. The van der Waals surface area contributed by atoms with Crippen LogP contribution in [0.5, 0.6) is 0 Å². The van der Waals surface area contributed by atoms with Crippen LogP contribution in [0.25, 0.3) is 0 Å². The fourth-order valence-electron chi connectivity index (χ4n) is 2.83.